The molecule has 1 aromatic heterocycles. The van der Waals surface area contributed by atoms with Crippen LogP contribution >= 0.6 is 15.9 Å². The van der Waals surface area contributed by atoms with Gasteiger partial charge in [-0.1, -0.05) is 21.1 Å². The Morgan fingerprint density at radius 3 is 2.56 bits per heavy atom. The molecule has 84 valence electrons. The summed E-state index contributed by atoms with van der Waals surface area (Å²) in [6, 6.07) is 4.20. The molecule has 0 fully saturated rings. The number of benzene rings is 1. The molecule has 0 amide bonds. The van der Waals surface area contributed by atoms with E-state index >= 15 is 0 Å². The molecule has 2 rings (SSSR count). The number of halogens is 1. The zero-order valence-electron chi connectivity index (χ0n) is 9.25. The standard InChI is InChI=1S/C12H13BrN2O/c1-8-3-11(13)4-9(2)12(8)14-5-10-6-15-16-7-10/h3-4,6-7,14H,5H2,1-2H3. The fourth-order valence-electron chi connectivity index (χ4n) is 1.69. The van der Waals surface area contributed by atoms with Gasteiger partial charge < -0.3 is 9.84 Å². The van der Waals surface area contributed by atoms with Crippen LogP contribution in [0.1, 0.15) is 16.7 Å². The van der Waals surface area contributed by atoms with E-state index in [9.17, 15) is 0 Å². The van der Waals surface area contributed by atoms with Gasteiger partial charge in [-0.3, -0.25) is 0 Å². The van der Waals surface area contributed by atoms with E-state index in [1.165, 1.54) is 16.8 Å². The SMILES string of the molecule is Cc1cc(Br)cc(C)c1NCc1cnoc1. The molecule has 0 unspecified atom stereocenters. The van der Waals surface area contributed by atoms with Crippen LogP contribution in [0.3, 0.4) is 0 Å². The minimum absolute atomic E-state index is 0.729. The number of aryl methyl sites for hydroxylation is 2. The number of hydrogen-bond donors (Lipinski definition) is 1. The van der Waals surface area contributed by atoms with Crippen molar-refractivity contribution in [3.8, 4) is 0 Å². The molecule has 0 saturated carbocycles. The third-order valence-corrected chi connectivity index (χ3v) is 2.91. The van der Waals surface area contributed by atoms with Gasteiger partial charge in [0.05, 0.1) is 6.20 Å². The van der Waals surface area contributed by atoms with Crippen LogP contribution in [0.2, 0.25) is 0 Å². The second-order valence-electron chi connectivity index (χ2n) is 3.80. The lowest BCUT2D eigenvalue weighted by Gasteiger charge is -2.12. The summed E-state index contributed by atoms with van der Waals surface area (Å²) in [6.07, 6.45) is 3.37. The van der Waals surface area contributed by atoms with E-state index in [1.54, 1.807) is 12.5 Å². The highest BCUT2D eigenvalue weighted by Gasteiger charge is 2.04. The summed E-state index contributed by atoms with van der Waals surface area (Å²) in [5.41, 5.74) is 4.66. The van der Waals surface area contributed by atoms with E-state index in [4.69, 9.17) is 4.52 Å². The highest BCUT2D eigenvalue weighted by molar-refractivity contribution is 9.10. The molecule has 0 saturated heterocycles. The van der Waals surface area contributed by atoms with Crippen LogP contribution in [0.5, 0.6) is 0 Å². The summed E-state index contributed by atoms with van der Waals surface area (Å²) >= 11 is 3.48. The Labute approximate surface area is 103 Å². The summed E-state index contributed by atoms with van der Waals surface area (Å²) in [5.74, 6) is 0. The Hall–Kier alpha value is -1.29. The van der Waals surface area contributed by atoms with Crippen molar-refractivity contribution >= 4 is 21.6 Å². The van der Waals surface area contributed by atoms with Gasteiger partial charge in [0.25, 0.3) is 0 Å². The van der Waals surface area contributed by atoms with Crippen molar-refractivity contribution in [2.75, 3.05) is 5.32 Å². The molecule has 0 radical (unpaired) electrons. The van der Waals surface area contributed by atoms with Crippen LogP contribution in [0, 0.1) is 13.8 Å². The first-order chi connectivity index (χ1) is 7.66. The van der Waals surface area contributed by atoms with Gasteiger partial charge in [0, 0.05) is 22.3 Å². The van der Waals surface area contributed by atoms with Crippen LogP contribution in [0.4, 0.5) is 5.69 Å². The van der Waals surface area contributed by atoms with Crippen molar-refractivity contribution < 1.29 is 4.52 Å². The molecule has 2 aromatic rings. The van der Waals surface area contributed by atoms with Gasteiger partial charge in [-0.15, -0.1) is 0 Å². The van der Waals surface area contributed by atoms with Crippen molar-refractivity contribution in [1.82, 2.24) is 5.16 Å². The molecule has 1 heterocycles. The molecule has 0 atom stereocenters. The molecular weight excluding hydrogens is 268 g/mol. The van der Waals surface area contributed by atoms with Crippen LogP contribution in [0.15, 0.2) is 33.6 Å². The first-order valence-electron chi connectivity index (χ1n) is 5.05. The molecule has 1 aromatic carbocycles. The number of anilines is 1. The lowest BCUT2D eigenvalue weighted by atomic mass is 10.1. The molecule has 0 aliphatic rings. The smallest absolute Gasteiger partial charge is 0.128 e. The zero-order chi connectivity index (χ0) is 11.5. The van der Waals surface area contributed by atoms with Gasteiger partial charge in [-0.05, 0) is 37.1 Å². The summed E-state index contributed by atoms with van der Waals surface area (Å²) in [4.78, 5) is 0. The van der Waals surface area contributed by atoms with Gasteiger partial charge in [0.2, 0.25) is 0 Å². The van der Waals surface area contributed by atoms with E-state index < -0.39 is 0 Å². The average molecular weight is 281 g/mol. The Kier molecular flexibility index (Phi) is 3.29. The average Bonchev–Trinajstić information content (AvgIpc) is 2.68. The highest BCUT2D eigenvalue weighted by atomic mass is 79.9. The maximum absolute atomic E-state index is 4.79. The highest BCUT2D eigenvalue weighted by Crippen LogP contribution is 2.25. The summed E-state index contributed by atoms with van der Waals surface area (Å²) in [5, 5.41) is 7.06. The Morgan fingerprint density at radius 1 is 1.31 bits per heavy atom. The zero-order valence-corrected chi connectivity index (χ0v) is 10.8. The van der Waals surface area contributed by atoms with E-state index in [0.29, 0.717) is 0 Å². The number of nitrogens with zero attached hydrogens (tertiary/aromatic N) is 1. The predicted molar refractivity (Wildman–Crippen MR) is 67.4 cm³/mol. The minimum Gasteiger partial charge on any atom is -0.380 e. The van der Waals surface area contributed by atoms with Gasteiger partial charge >= 0.3 is 0 Å². The molecule has 0 aliphatic carbocycles. The molecule has 4 heteroatoms. The van der Waals surface area contributed by atoms with Crippen molar-refractivity contribution in [2.24, 2.45) is 0 Å². The fraction of sp³-hybridized carbons (Fsp3) is 0.250. The molecule has 1 N–H and O–H groups in total. The largest absolute Gasteiger partial charge is 0.380 e. The van der Waals surface area contributed by atoms with E-state index in [1.807, 2.05) is 0 Å². The van der Waals surface area contributed by atoms with Gasteiger partial charge in [0.15, 0.2) is 0 Å². The second-order valence-corrected chi connectivity index (χ2v) is 4.72. The third kappa shape index (κ3) is 2.44. The summed E-state index contributed by atoms with van der Waals surface area (Å²) in [6.45, 7) is 4.91. The van der Waals surface area contributed by atoms with Crippen LogP contribution in [-0.4, -0.2) is 5.16 Å². The molecule has 0 aliphatic heterocycles. The normalized spacial score (nSPS) is 10.4. The van der Waals surface area contributed by atoms with E-state index in [0.717, 1.165) is 16.6 Å². The van der Waals surface area contributed by atoms with Gasteiger partial charge in [0.1, 0.15) is 6.26 Å². The lowest BCUT2D eigenvalue weighted by Crippen LogP contribution is -2.02. The second kappa shape index (κ2) is 4.70. The van der Waals surface area contributed by atoms with Gasteiger partial charge in [-0.25, -0.2) is 0 Å². The fourth-order valence-corrected chi connectivity index (χ4v) is 2.38. The maximum Gasteiger partial charge on any atom is 0.128 e. The summed E-state index contributed by atoms with van der Waals surface area (Å²) in [7, 11) is 0. The molecular formula is C12H13BrN2O. The summed E-state index contributed by atoms with van der Waals surface area (Å²) < 4.78 is 5.89. The first-order valence-corrected chi connectivity index (χ1v) is 5.85. The van der Waals surface area contributed by atoms with E-state index in [-0.39, 0.29) is 0 Å². The monoisotopic (exact) mass is 280 g/mol. The van der Waals surface area contributed by atoms with E-state index in [2.05, 4.69) is 52.4 Å². The van der Waals surface area contributed by atoms with Crippen molar-refractivity contribution in [3.63, 3.8) is 0 Å². The number of nitrogens with one attached hydrogen (secondary N) is 1. The predicted octanol–water partition coefficient (Wildman–Crippen LogP) is 3.67. The van der Waals surface area contributed by atoms with Crippen molar-refractivity contribution in [2.45, 2.75) is 20.4 Å². The molecule has 16 heavy (non-hydrogen) atoms. The third-order valence-electron chi connectivity index (χ3n) is 2.45. The van der Waals surface area contributed by atoms with Crippen LogP contribution < -0.4 is 5.32 Å². The molecule has 0 spiro atoms. The first kappa shape index (κ1) is 11.2. The topological polar surface area (TPSA) is 38.1 Å². The van der Waals surface area contributed by atoms with Crippen LogP contribution in [-0.2, 0) is 6.54 Å². The Balaban J connectivity index is 2.15. The Bertz CT molecular complexity index is 457. The maximum atomic E-state index is 4.79. The molecule has 3 nitrogen and oxygen atoms in total. The lowest BCUT2D eigenvalue weighted by molar-refractivity contribution is 0.419. The van der Waals surface area contributed by atoms with Crippen LogP contribution in [0.25, 0.3) is 0 Å². The quantitative estimate of drug-likeness (QED) is 0.932. The van der Waals surface area contributed by atoms with Crippen molar-refractivity contribution in [1.29, 1.82) is 0 Å². The number of hydrogen-bond acceptors (Lipinski definition) is 3. The Morgan fingerprint density at radius 2 is 2.00 bits per heavy atom. The number of rotatable bonds is 3. The van der Waals surface area contributed by atoms with Gasteiger partial charge in [-0.2, -0.15) is 0 Å². The van der Waals surface area contributed by atoms with Crippen molar-refractivity contribution in [3.05, 3.63) is 45.8 Å². The molecule has 0 bridgehead atoms. The number of aromatic nitrogens is 1. The minimum atomic E-state index is 0.729.